The molecular weight excluding hydrogens is 268 g/mol. The van der Waals surface area contributed by atoms with Gasteiger partial charge in [-0.15, -0.1) is 0 Å². The predicted molar refractivity (Wildman–Crippen MR) is 75.1 cm³/mol. The maximum Gasteiger partial charge on any atom is 0.243 e. The summed E-state index contributed by atoms with van der Waals surface area (Å²) in [6.45, 7) is 2.42. The molecule has 0 aromatic carbocycles. The molecule has 1 saturated heterocycles. The van der Waals surface area contributed by atoms with Crippen molar-refractivity contribution in [2.45, 2.75) is 32.2 Å². The van der Waals surface area contributed by atoms with Gasteiger partial charge in [-0.1, -0.05) is 0 Å². The second-order valence-corrected chi connectivity index (χ2v) is 6.46. The highest BCUT2D eigenvalue weighted by molar-refractivity contribution is 5.88. The van der Waals surface area contributed by atoms with Crippen LogP contribution in [-0.4, -0.2) is 50.9 Å². The predicted octanol–water partition coefficient (Wildman–Crippen LogP) is 0.484. The number of imidazole rings is 1. The Morgan fingerprint density at radius 2 is 2.19 bits per heavy atom. The quantitative estimate of drug-likeness (QED) is 0.813. The first kappa shape index (κ1) is 12.9. The lowest BCUT2D eigenvalue weighted by Gasteiger charge is -2.26. The van der Waals surface area contributed by atoms with Crippen molar-refractivity contribution in [3.8, 4) is 0 Å². The fraction of sp³-hybridized carbons (Fsp3) is 0.667. The van der Waals surface area contributed by atoms with Crippen molar-refractivity contribution in [1.82, 2.24) is 19.4 Å². The van der Waals surface area contributed by atoms with Crippen LogP contribution in [0, 0.1) is 11.8 Å². The number of fused-ring (bicyclic) bond motifs is 1. The van der Waals surface area contributed by atoms with Gasteiger partial charge >= 0.3 is 0 Å². The van der Waals surface area contributed by atoms with Crippen LogP contribution < -0.4 is 0 Å². The summed E-state index contributed by atoms with van der Waals surface area (Å²) < 4.78 is 2.11. The highest BCUT2D eigenvalue weighted by Gasteiger charge is 2.37. The molecule has 1 aromatic heterocycles. The number of amides is 2. The van der Waals surface area contributed by atoms with Gasteiger partial charge in [0.05, 0.1) is 6.67 Å². The second-order valence-electron chi connectivity index (χ2n) is 6.46. The first-order valence-corrected chi connectivity index (χ1v) is 7.77. The van der Waals surface area contributed by atoms with Crippen molar-refractivity contribution in [2.75, 3.05) is 19.8 Å². The zero-order chi connectivity index (χ0) is 14.4. The SMILES string of the molecule is O=C1CN(C(=O)C2CCn3ccnc3C2)CN1CC1CC1. The lowest BCUT2D eigenvalue weighted by atomic mass is 9.96. The van der Waals surface area contributed by atoms with Gasteiger partial charge in [-0.2, -0.15) is 0 Å². The number of rotatable bonds is 3. The summed E-state index contributed by atoms with van der Waals surface area (Å²) in [6, 6.07) is 0. The summed E-state index contributed by atoms with van der Waals surface area (Å²) in [4.78, 5) is 32.5. The van der Waals surface area contributed by atoms with Crippen LogP contribution in [0.5, 0.6) is 0 Å². The molecule has 1 saturated carbocycles. The van der Waals surface area contributed by atoms with Crippen molar-refractivity contribution in [3.05, 3.63) is 18.2 Å². The molecule has 2 fully saturated rings. The van der Waals surface area contributed by atoms with Crippen LogP contribution in [0.1, 0.15) is 25.1 Å². The molecule has 0 N–H and O–H groups in total. The first-order valence-electron chi connectivity index (χ1n) is 7.77. The van der Waals surface area contributed by atoms with Gasteiger partial charge in [-0.3, -0.25) is 9.59 Å². The van der Waals surface area contributed by atoms with Gasteiger partial charge in [-0.25, -0.2) is 4.98 Å². The third-order valence-corrected chi connectivity index (χ3v) is 4.81. The molecule has 1 atom stereocenters. The highest BCUT2D eigenvalue weighted by Crippen LogP contribution is 2.31. The van der Waals surface area contributed by atoms with E-state index in [2.05, 4.69) is 9.55 Å². The Labute approximate surface area is 123 Å². The average Bonchev–Trinajstić information content (AvgIpc) is 3.05. The molecule has 1 unspecified atom stereocenters. The molecule has 2 amide bonds. The molecule has 112 valence electrons. The Kier molecular flexibility index (Phi) is 2.97. The van der Waals surface area contributed by atoms with E-state index >= 15 is 0 Å². The molecule has 2 aliphatic heterocycles. The molecule has 1 aromatic rings. The number of carbonyl (C=O) groups is 2. The van der Waals surface area contributed by atoms with Crippen LogP contribution in [0.4, 0.5) is 0 Å². The number of aryl methyl sites for hydroxylation is 1. The topological polar surface area (TPSA) is 58.4 Å². The molecule has 3 aliphatic rings. The average molecular weight is 288 g/mol. The highest BCUT2D eigenvalue weighted by atomic mass is 16.2. The molecule has 21 heavy (non-hydrogen) atoms. The van der Waals surface area contributed by atoms with Gasteiger partial charge in [0.25, 0.3) is 0 Å². The Balaban J connectivity index is 1.40. The summed E-state index contributed by atoms with van der Waals surface area (Å²) in [5, 5.41) is 0. The number of aromatic nitrogens is 2. The van der Waals surface area contributed by atoms with Crippen molar-refractivity contribution < 1.29 is 9.59 Å². The van der Waals surface area contributed by atoms with Crippen molar-refractivity contribution in [2.24, 2.45) is 11.8 Å². The molecule has 6 heteroatoms. The van der Waals surface area contributed by atoms with E-state index in [1.165, 1.54) is 12.8 Å². The fourth-order valence-electron chi connectivity index (χ4n) is 3.34. The van der Waals surface area contributed by atoms with Crippen LogP contribution in [0.3, 0.4) is 0 Å². The van der Waals surface area contributed by atoms with Crippen LogP contribution >= 0.6 is 0 Å². The molecule has 6 nitrogen and oxygen atoms in total. The van der Waals surface area contributed by atoms with Crippen molar-refractivity contribution in [3.63, 3.8) is 0 Å². The smallest absolute Gasteiger partial charge is 0.243 e. The van der Waals surface area contributed by atoms with E-state index in [0.29, 0.717) is 19.0 Å². The lowest BCUT2D eigenvalue weighted by molar-refractivity contribution is -0.136. The van der Waals surface area contributed by atoms with Crippen LogP contribution in [-0.2, 0) is 22.6 Å². The van der Waals surface area contributed by atoms with Crippen LogP contribution in [0.25, 0.3) is 0 Å². The van der Waals surface area contributed by atoms with Crippen molar-refractivity contribution in [1.29, 1.82) is 0 Å². The summed E-state index contributed by atoms with van der Waals surface area (Å²) in [5.41, 5.74) is 0. The second kappa shape index (κ2) is 4.86. The Hall–Kier alpha value is -1.85. The zero-order valence-corrected chi connectivity index (χ0v) is 12.1. The van der Waals surface area contributed by atoms with E-state index in [0.717, 1.165) is 25.3 Å². The minimum absolute atomic E-state index is 0.0198. The Morgan fingerprint density at radius 3 is 3.00 bits per heavy atom. The summed E-state index contributed by atoms with van der Waals surface area (Å²) in [6.07, 6.45) is 7.74. The standard InChI is InChI=1S/C15H20N4O2/c20-14-9-19(10-18(14)8-11-1-2-11)15(21)12-3-5-17-6-4-16-13(17)7-12/h4,6,11-12H,1-3,5,7-10H2. The van der Waals surface area contributed by atoms with E-state index in [4.69, 9.17) is 0 Å². The van der Waals surface area contributed by atoms with Gasteiger partial charge in [-0.05, 0) is 25.2 Å². The van der Waals surface area contributed by atoms with E-state index in [1.54, 1.807) is 11.1 Å². The van der Waals surface area contributed by atoms with Crippen LogP contribution in [0.15, 0.2) is 12.4 Å². The molecule has 4 rings (SSSR count). The molecule has 0 bridgehead atoms. The van der Waals surface area contributed by atoms with Crippen molar-refractivity contribution >= 4 is 11.8 Å². The minimum atomic E-state index is -0.0198. The maximum absolute atomic E-state index is 12.6. The van der Waals surface area contributed by atoms with Gasteiger partial charge in [0, 0.05) is 37.8 Å². The maximum atomic E-state index is 12.6. The largest absolute Gasteiger partial charge is 0.335 e. The number of nitrogens with zero attached hydrogens (tertiary/aromatic N) is 4. The summed E-state index contributed by atoms with van der Waals surface area (Å²) in [5.74, 6) is 1.86. The molecule has 0 spiro atoms. The Bertz CT molecular complexity index is 578. The minimum Gasteiger partial charge on any atom is -0.335 e. The number of carbonyl (C=O) groups excluding carboxylic acids is 2. The molecule has 0 radical (unpaired) electrons. The lowest BCUT2D eigenvalue weighted by Crippen LogP contribution is -2.39. The first-order chi connectivity index (χ1) is 10.2. The molecule has 3 heterocycles. The van der Waals surface area contributed by atoms with E-state index in [1.807, 2.05) is 11.1 Å². The van der Waals surface area contributed by atoms with E-state index < -0.39 is 0 Å². The normalized spacial score (nSPS) is 25.3. The zero-order valence-electron chi connectivity index (χ0n) is 12.1. The van der Waals surface area contributed by atoms with E-state index in [9.17, 15) is 9.59 Å². The van der Waals surface area contributed by atoms with Crippen LogP contribution in [0.2, 0.25) is 0 Å². The fourth-order valence-corrected chi connectivity index (χ4v) is 3.34. The summed E-state index contributed by atoms with van der Waals surface area (Å²) in [7, 11) is 0. The third kappa shape index (κ3) is 2.43. The molecule has 1 aliphatic carbocycles. The Morgan fingerprint density at radius 1 is 1.33 bits per heavy atom. The number of hydrogen-bond acceptors (Lipinski definition) is 3. The molecular formula is C15H20N4O2. The van der Waals surface area contributed by atoms with Gasteiger partial charge in [0.2, 0.25) is 11.8 Å². The van der Waals surface area contributed by atoms with Gasteiger partial charge in [0.15, 0.2) is 0 Å². The number of hydrogen-bond donors (Lipinski definition) is 0. The van der Waals surface area contributed by atoms with Gasteiger partial charge < -0.3 is 14.4 Å². The third-order valence-electron chi connectivity index (χ3n) is 4.81. The van der Waals surface area contributed by atoms with Gasteiger partial charge in [0.1, 0.15) is 12.4 Å². The van der Waals surface area contributed by atoms with E-state index in [-0.39, 0.29) is 24.3 Å². The monoisotopic (exact) mass is 288 g/mol. The summed E-state index contributed by atoms with van der Waals surface area (Å²) >= 11 is 0.